The van der Waals surface area contributed by atoms with Gasteiger partial charge in [-0.05, 0) is 18.9 Å². The van der Waals surface area contributed by atoms with Gasteiger partial charge in [-0.15, -0.1) is 0 Å². The number of imide groups is 1. The number of nitriles is 1. The maximum absolute atomic E-state index is 11.8. The molecule has 86 valence electrons. The zero-order chi connectivity index (χ0) is 12.1. The predicted molar refractivity (Wildman–Crippen MR) is 59.2 cm³/mol. The molecule has 0 N–H and O–H groups in total. The topological polar surface area (TPSA) is 61.2 Å². The molecule has 4 nitrogen and oxygen atoms in total. The van der Waals surface area contributed by atoms with Gasteiger partial charge in [0, 0.05) is 13.0 Å². The van der Waals surface area contributed by atoms with Gasteiger partial charge in [-0.25, -0.2) is 0 Å². The maximum Gasteiger partial charge on any atom is 0.271 e. The van der Waals surface area contributed by atoms with Gasteiger partial charge < -0.3 is 0 Å². The lowest BCUT2D eigenvalue weighted by Crippen LogP contribution is -2.41. The number of unbranched alkanes of at least 4 members (excludes halogenated alkanes) is 2. The molecule has 0 fully saturated rings. The zero-order valence-electron chi connectivity index (χ0n) is 9.75. The third kappa shape index (κ3) is 2.48. The van der Waals surface area contributed by atoms with Crippen LogP contribution in [0.2, 0.25) is 0 Å². The first-order valence-electron chi connectivity index (χ1n) is 5.56. The summed E-state index contributed by atoms with van der Waals surface area (Å²) in [7, 11) is 0. The van der Waals surface area contributed by atoms with Crippen LogP contribution in [0, 0.1) is 11.3 Å². The van der Waals surface area contributed by atoms with Crippen LogP contribution >= 0.6 is 0 Å². The predicted octanol–water partition coefficient (Wildman–Crippen LogP) is 1.78. The molecule has 1 aliphatic rings. The van der Waals surface area contributed by atoms with E-state index in [4.69, 9.17) is 5.26 Å². The Hall–Kier alpha value is -1.63. The smallest absolute Gasteiger partial charge is 0.271 e. The van der Waals surface area contributed by atoms with Crippen LogP contribution in [0.5, 0.6) is 0 Å². The van der Waals surface area contributed by atoms with Gasteiger partial charge in [0.05, 0.1) is 0 Å². The highest BCUT2D eigenvalue weighted by molar-refractivity contribution is 6.10. The van der Waals surface area contributed by atoms with Crippen molar-refractivity contribution in [1.82, 2.24) is 4.90 Å². The molecule has 0 aromatic carbocycles. The molecule has 0 unspecified atom stereocenters. The zero-order valence-corrected chi connectivity index (χ0v) is 9.75. The van der Waals surface area contributed by atoms with Gasteiger partial charge in [-0.1, -0.05) is 19.8 Å². The molecule has 4 heteroatoms. The van der Waals surface area contributed by atoms with Crippen molar-refractivity contribution in [2.45, 2.75) is 39.5 Å². The largest absolute Gasteiger partial charge is 0.278 e. The van der Waals surface area contributed by atoms with Crippen molar-refractivity contribution in [3.05, 3.63) is 11.1 Å². The molecule has 2 amide bonds. The summed E-state index contributed by atoms with van der Waals surface area (Å²) in [6.07, 6.45) is 3.03. The van der Waals surface area contributed by atoms with Crippen molar-refractivity contribution in [3.8, 4) is 6.07 Å². The first kappa shape index (κ1) is 12.4. The van der Waals surface area contributed by atoms with Gasteiger partial charge in [-0.2, -0.15) is 5.26 Å². The van der Waals surface area contributed by atoms with Crippen LogP contribution in [0.4, 0.5) is 0 Å². The number of hydrogen-bond donors (Lipinski definition) is 0. The normalized spacial score (nSPS) is 16.7. The number of carbonyl (C=O) groups is 2. The fourth-order valence-electron chi connectivity index (χ4n) is 1.73. The average molecular weight is 220 g/mol. The highest BCUT2D eigenvalue weighted by atomic mass is 16.2. The van der Waals surface area contributed by atoms with Crippen LogP contribution < -0.4 is 0 Å². The molecule has 0 spiro atoms. The monoisotopic (exact) mass is 220 g/mol. The van der Waals surface area contributed by atoms with Crippen LogP contribution in [0.25, 0.3) is 0 Å². The van der Waals surface area contributed by atoms with E-state index in [0.29, 0.717) is 12.1 Å². The lowest BCUT2D eigenvalue weighted by molar-refractivity contribution is -0.143. The van der Waals surface area contributed by atoms with Gasteiger partial charge in [-0.3, -0.25) is 14.5 Å². The average Bonchev–Trinajstić information content (AvgIpc) is 2.23. The minimum atomic E-state index is -0.424. The second kappa shape index (κ2) is 5.45. The quantitative estimate of drug-likeness (QED) is 0.536. The van der Waals surface area contributed by atoms with Gasteiger partial charge >= 0.3 is 0 Å². The van der Waals surface area contributed by atoms with Crippen molar-refractivity contribution >= 4 is 11.8 Å². The fraction of sp³-hybridized carbons (Fsp3) is 0.583. The summed E-state index contributed by atoms with van der Waals surface area (Å²) in [5.74, 6) is -0.607. The molecular formula is C12H16N2O2. The van der Waals surface area contributed by atoms with Gasteiger partial charge in [0.25, 0.3) is 5.91 Å². The van der Waals surface area contributed by atoms with Crippen LogP contribution in [0.3, 0.4) is 0 Å². The SMILES string of the molecule is CCCCCN1C(=O)CC(C)=C(C#N)C1=O. The number of rotatable bonds is 4. The third-order valence-electron chi connectivity index (χ3n) is 2.70. The van der Waals surface area contributed by atoms with E-state index in [0.717, 1.165) is 19.3 Å². The van der Waals surface area contributed by atoms with E-state index in [-0.39, 0.29) is 17.9 Å². The van der Waals surface area contributed by atoms with E-state index in [1.807, 2.05) is 6.07 Å². The molecule has 0 bridgehead atoms. The van der Waals surface area contributed by atoms with E-state index in [2.05, 4.69) is 6.92 Å². The summed E-state index contributed by atoms with van der Waals surface area (Å²) >= 11 is 0. The fourth-order valence-corrected chi connectivity index (χ4v) is 1.73. The Kier molecular flexibility index (Phi) is 4.24. The molecular weight excluding hydrogens is 204 g/mol. The summed E-state index contributed by atoms with van der Waals surface area (Å²) in [5.41, 5.74) is 0.723. The molecule has 1 aliphatic heterocycles. The van der Waals surface area contributed by atoms with Crippen LogP contribution in [0.15, 0.2) is 11.1 Å². The second-order valence-corrected chi connectivity index (χ2v) is 4.00. The Morgan fingerprint density at radius 1 is 1.38 bits per heavy atom. The van der Waals surface area contributed by atoms with Gasteiger partial charge in [0.15, 0.2) is 0 Å². The number of nitrogens with zero attached hydrogens (tertiary/aromatic N) is 2. The molecule has 1 heterocycles. The number of hydrogen-bond acceptors (Lipinski definition) is 3. The Morgan fingerprint density at radius 3 is 2.62 bits per heavy atom. The first-order chi connectivity index (χ1) is 7.61. The third-order valence-corrected chi connectivity index (χ3v) is 2.70. The summed E-state index contributed by atoms with van der Waals surface area (Å²) in [4.78, 5) is 24.6. The Bertz CT molecular complexity index is 377. The molecule has 0 aromatic heterocycles. The van der Waals surface area contributed by atoms with Crippen molar-refractivity contribution in [3.63, 3.8) is 0 Å². The van der Waals surface area contributed by atoms with Crippen LogP contribution in [-0.2, 0) is 9.59 Å². The van der Waals surface area contributed by atoms with Gasteiger partial charge in [0.1, 0.15) is 11.6 Å². The standard InChI is InChI=1S/C12H16N2O2/c1-3-4-5-6-14-11(15)7-9(2)10(8-13)12(14)16/h3-7H2,1-2H3. The summed E-state index contributed by atoms with van der Waals surface area (Å²) < 4.78 is 0. The van der Waals surface area contributed by atoms with E-state index < -0.39 is 5.91 Å². The van der Waals surface area contributed by atoms with Crippen molar-refractivity contribution < 1.29 is 9.59 Å². The van der Waals surface area contributed by atoms with Crippen molar-refractivity contribution in [2.75, 3.05) is 6.54 Å². The minimum Gasteiger partial charge on any atom is -0.278 e. The Balaban J connectivity index is 2.77. The minimum absolute atomic E-state index is 0.135. The Morgan fingerprint density at radius 2 is 2.06 bits per heavy atom. The first-order valence-corrected chi connectivity index (χ1v) is 5.56. The molecule has 0 aliphatic carbocycles. The molecule has 0 radical (unpaired) electrons. The number of carbonyl (C=O) groups excluding carboxylic acids is 2. The van der Waals surface area contributed by atoms with E-state index >= 15 is 0 Å². The van der Waals surface area contributed by atoms with Crippen LogP contribution in [-0.4, -0.2) is 23.3 Å². The molecule has 0 aromatic rings. The van der Waals surface area contributed by atoms with Gasteiger partial charge in [0.2, 0.25) is 5.91 Å². The lowest BCUT2D eigenvalue weighted by atomic mass is 10.0. The summed E-state index contributed by atoms with van der Waals surface area (Å²) in [5, 5.41) is 8.84. The Labute approximate surface area is 95.5 Å². The second-order valence-electron chi connectivity index (χ2n) is 4.00. The number of amides is 2. The lowest BCUT2D eigenvalue weighted by Gasteiger charge is -2.25. The maximum atomic E-state index is 11.8. The van der Waals surface area contributed by atoms with E-state index in [1.54, 1.807) is 6.92 Å². The summed E-state index contributed by atoms with van der Waals surface area (Å²) in [6, 6.07) is 1.88. The molecule has 0 saturated carbocycles. The van der Waals surface area contributed by atoms with Crippen molar-refractivity contribution in [1.29, 1.82) is 5.26 Å². The molecule has 0 saturated heterocycles. The van der Waals surface area contributed by atoms with E-state index in [1.165, 1.54) is 4.90 Å². The summed E-state index contributed by atoms with van der Waals surface area (Å²) in [6.45, 7) is 4.16. The molecule has 16 heavy (non-hydrogen) atoms. The highest BCUT2D eigenvalue weighted by Crippen LogP contribution is 2.19. The van der Waals surface area contributed by atoms with E-state index in [9.17, 15) is 9.59 Å². The molecule has 1 rings (SSSR count). The van der Waals surface area contributed by atoms with Crippen LogP contribution in [0.1, 0.15) is 39.5 Å². The molecule has 0 atom stereocenters. The van der Waals surface area contributed by atoms with Crippen molar-refractivity contribution in [2.24, 2.45) is 0 Å². The highest BCUT2D eigenvalue weighted by Gasteiger charge is 2.30.